The van der Waals surface area contributed by atoms with Gasteiger partial charge in [-0.15, -0.1) is 0 Å². The van der Waals surface area contributed by atoms with Crippen LogP contribution in [-0.4, -0.2) is 16.8 Å². The van der Waals surface area contributed by atoms with Crippen LogP contribution in [0.2, 0.25) is 0 Å². The lowest BCUT2D eigenvalue weighted by molar-refractivity contribution is -0.144. The zero-order valence-corrected chi connectivity index (χ0v) is 7.79. The van der Waals surface area contributed by atoms with Crippen molar-refractivity contribution in [2.45, 2.75) is 25.1 Å². The van der Waals surface area contributed by atoms with Crippen LogP contribution in [0, 0.1) is 0 Å². The van der Waals surface area contributed by atoms with E-state index in [0.29, 0.717) is 13.0 Å². The number of rotatable bonds is 4. The largest absolute Gasteiger partial charge is 0.437 e. The summed E-state index contributed by atoms with van der Waals surface area (Å²) < 4.78 is 41.1. The summed E-state index contributed by atoms with van der Waals surface area (Å²) in [6.45, 7) is 0.309. The predicted molar refractivity (Wildman–Crippen MR) is 44.8 cm³/mol. The minimum atomic E-state index is -4.61. The van der Waals surface area contributed by atoms with Crippen molar-refractivity contribution in [3.63, 3.8) is 0 Å². The van der Waals surface area contributed by atoms with Crippen molar-refractivity contribution in [3.05, 3.63) is 17.5 Å². The fourth-order valence-corrected chi connectivity index (χ4v) is 1.16. The second kappa shape index (κ2) is 4.63. The van der Waals surface area contributed by atoms with Crippen LogP contribution in [0.3, 0.4) is 0 Å². The van der Waals surface area contributed by atoms with Crippen molar-refractivity contribution in [2.24, 2.45) is 5.73 Å². The Morgan fingerprint density at radius 3 is 2.73 bits per heavy atom. The van der Waals surface area contributed by atoms with Crippen LogP contribution in [0.15, 0.2) is 10.8 Å². The van der Waals surface area contributed by atoms with E-state index in [9.17, 15) is 18.3 Å². The highest BCUT2D eigenvalue weighted by atomic mass is 19.4. The van der Waals surface area contributed by atoms with Gasteiger partial charge in [-0.25, -0.2) is 0 Å². The topological polar surface area (TPSA) is 72.3 Å². The molecule has 0 aliphatic heterocycles. The van der Waals surface area contributed by atoms with Crippen molar-refractivity contribution < 1.29 is 22.8 Å². The molecule has 3 N–H and O–H groups in total. The summed E-state index contributed by atoms with van der Waals surface area (Å²) in [7, 11) is 0. The molecule has 0 bridgehead atoms. The zero-order chi connectivity index (χ0) is 11.5. The zero-order valence-electron chi connectivity index (χ0n) is 7.79. The van der Waals surface area contributed by atoms with Crippen LogP contribution in [0.4, 0.5) is 13.2 Å². The van der Waals surface area contributed by atoms with E-state index in [0.717, 1.165) is 6.26 Å². The fourth-order valence-electron chi connectivity index (χ4n) is 1.16. The van der Waals surface area contributed by atoms with Crippen LogP contribution in [0.1, 0.15) is 30.2 Å². The summed E-state index contributed by atoms with van der Waals surface area (Å²) in [6.07, 6.45) is -4.45. The third kappa shape index (κ3) is 2.93. The van der Waals surface area contributed by atoms with Crippen LogP contribution in [-0.2, 0) is 6.18 Å². The molecule has 0 aliphatic carbocycles. The Hall–Kier alpha value is -1.08. The Labute approximate surface area is 83.9 Å². The predicted octanol–water partition coefficient (Wildman–Crippen LogP) is 1.47. The maximum Gasteiger partial charge on any atom is 0.437 e. The van der Waals surface area contributed by atoms with Gasteiger partial charge in [-0.3, -0.25) is 0 Å². The average molecular weight is 224 g/mol. The molecular formula is C8H11F3N2O2. The SMILES string of the molecule is NCCCC(O)c1conc1C(F)(F)F. The maximum atomic E-state index is 12.3. The third-order valence-electron chi connectivity index (χ3n) is 1.91. The standard InChI is InChI=1S/C8H11F3N2O2/c9-8(10,11)7-5(4-15-13-7)6(14)2-1-3-12/h4,6,14H,1-3,12H2. The van der Waals surface area contributed by atoms with E-state index in [2.05, 4.69) is 9.68 Å². The van der Waals surface area contributed by atoms with Gasteiger partial charge < -0.3 is 15.4 Å². The van der Waals surface area contributed by atoms with Gasteiger partial charge in [0, 0.05) is 0 Å². The summed E-state index contributed by atoms with van der Waals surface area (Å²) in [6, 6.07) is 0. The quantitative estimate of drug-likeness (QED) is 0.812. The van der Waals surface area contributed by atoms with Gasteiger partial charge in [0.1, 0.15) is 6.26 Å². The second-order valence-corrected chi connectivity index (χ2v) is 3.06. The molecule has 0 aromatic carbocycles. The normalized spacial score (nSPS) is 14.2. The highest BCUT2D eigenvalue weighted by molar-refractivity contribution is 5.20. The van der Waals surface area contributed by atoms with Crippen molar-refractivity contribution >= 4 is 0 Å². The Morgan fingerprint density at radius 1 is 1.53 bits per heavy atom. The van der Waals surface area contributed by atoms with Gasteiger partial charge in [-0.1, -0.05) is 5.16 Å². The number of nitrogens with two attached hydrogens (primary N) is 1. The molecule has 86 valence electrons. The fraction of sp³-hybridized carbons (Fsp3) is 0.625. The van der Waals surface area contributed by atoms with Gasteiger partial charge >= 0.3 is 6.18 Å². The molecule has 1 rings (SSSR count). The van der Waals surface area contributed by atoms with Gasteiger partial charge in [0.2, 0.25) is 0 Å². The minimum absolute atomic E-state index is 0.154. The number of halogens is 3. The summed E-state index contributed by atoms with van der Waals surface area (Å²) >= 11 is 0. The van der Waals surface area contributed by atoms with Crippen molar-refractivity contribution in [1.29, 1.82) is 0 Å². The second-order valence-electron chi connectivity index (χ2n) is 3.06. The number of hydrogen-bond donors (Lipinski definition) is 2. The van der Waals surface area contributed by atoms with E-state index in [1.165, 1.54) is 0 Å². The van der Waals surface area contributed by atoms with Gasteiger partial charge in [0.15, 0.2) is 5.69 Å². The highest BCUT2D eigenvalue weighted by Gasteiger charge is 2.39. The molecule has 0 amide bonds. The summed E-state index contributed by atoms with van der Waals surface area (Å²) in [5, 5.41) is 12.3. The molecule has 0 fully saturated rings. The van der Waals surface area contributed by atoms with Crippen LogP contribution in [0.25, 0.3) is 0 Å². The first-order valence-corrected chi connectivity index (χ1v) is 4.36. The summed E-state index contributed by atoms with van der Waals surface area (Å²) in [4.78, 5) is 0. The van der Waals surface area contributed by atoms with Crippen molar-refractivity contribution in [1.82, 2.24) is 5.16 Å². The summed E-state index contributed by atoms with van der Waals surface area (Å²) in [5.41, 5.74) is 3.67. The Balaban J connectivity index is 2.81. The third-order valence-corrected chi connectivity index (χ3v) is 1.91. The van der Waals surface area contributed by atoms with Gasteiger partial charge in [-0.2, -0.15) is 13.2 Å². The molecule has 0 saturated heterocycles. The van der Waals surface area contributed by atoms with E-state index in [1.807, 2.05) is 0 Å². The number of aromatic nitrogens is 1. The first-order chi connectivity index (χ1) is 6.96. The lowest BCUT2D eigenvalue weighted by Gasteiger charge is -2.10. The van der Waals surface area contributed by atoms with Gasteiger partial charge in [0.05, 0.1) is 11.7 Å². The molecule has 7 heteroatoms. The van der Waals surface area contributed by atoms with Crippen molar-refractivity contribution in [3.8, 4) is 0 Å². The number of nitrogens with zero attached hydrogens (tertiary/aromatic N) is 1. The Morgan fingerprint density at radius 2 is 2.20 bits per heavy atom. The molecule has 0 radical (unpaired) electrons. The molecule has 1 atom stereocenters. The van der Waals surface area contributed by atoms with Crippen molar-refractivity contribution in [2.75, 3.05) is 6.54 Å². The lowest BCUT2D eigenvalue weighted by Crippen LogP contribution is -2.12. The lowest BCUT2D eigenvalue weighted by atomic mass is 10.1. The molecule has 1 heterocycles. The van der Waals surface area contributed by atoms with Crippen LogP contribution in [0.5, 0.6) is 0 Å². The maximum absolute atomic E-state index is 12.3. The van der Waals surface area contributed by atoms with E-state index in [1.54, 1.807) is 0 Å². The molecule has 0 aliphatic rings. The molecular weight excluding hydrogens is 213 g/mol. The first-order valence-electron chi connectivity index (χ1n) is 4.36. The van der Waals surface area contributed by atoms with E-state index in [-0.39, 0.29) is 12.0 Å². The van der Waals surface area contributed by atoms with Crippen LogP contribution < -0.4 is 5.73 Å². The van der Waals surface area contributed by atoms with Gasteiger partial charge in [0.25, 0.3) is 0 Å². The average Bonchev–Trinajstić information content (AvgIpc) is 2.61. The number of hydrogen-bond acceptors (Lipinski definition) is 4. The minimum Gasteiger partial charge on any atom is -0.388 e. The number of alkyl halides is 3. The smallest absolute Gasteiger partial charge is 0.388 e. The summed E-state index contributed by atoms with van der Waals surface area (Å²) in [5.74, 6) is 0. The molecule has 4 nitrogen and oxygen atoms in total. The monoisotopic (exact) mass is 224 g/mol. The van der Waals surface area contributed by atoms with E-state index in [4.69, 9.17) is 5.73 Å². The molecule has 0 spiro atoms. The molecule has 15 heavy (non-hydrogen) atoms. The van der Waals surface area contributed by atoms with Gasteiger partial charge in [-0.05, 0) is 19.4 Å². The van der Waals surface area contributed by atoms with Crippen LogP contribution >= 0.6 is 0 Å². The Bertz CT molecular complexity index is 311. The molecule has 1 aromatic heterocycles. The number of aliphatic hydroxyl groups is 1. The number of aliphatic hydroxyl groups excluding tert-OH is 1. The first kappa shape index (κ1) is 12.0. The Kier molecular flexibility index (Phi) is 3.70. The van der Waals surface area contributed by atoms with E-state index < -0.39 is 18.0 Å². The van der Waals surface area contributed by atoms with E-state index >= 15 is 0 Å². The highest BCUT2D eigenvalue weighted by Crippen LogP contribution is 2.34. The molecule has 1 aromatic rings. The molecule has 0 saturated carbocycles. The molecule has 1 unspecified atom stereocenters.